The van der Waals surface area contributed by atoms with Crippen molar-refractivity contribution < 1.29 is 14.7 Å². The zero-order valence-electron chi connectivity index (χ0n) is 10.6. The molecule has 1 unspecified atom stereocenters. The maximum Gasteiger partial charge on any atom is 0.305 e. The van der Waals surface area contributed by atoms with Gasteiger partial charge < -0.3 is 10.4 Å². The molecule has 1 rings (SSSR count). The minimum Gasteiger partial charge on any atom is -0.481 e. The van der Waals surface area contributed by atoms with Gasteiger partial charge in [0.2, 0.25) is 0 Å². The fraction of sp³-hybridized carbons (Fsp3) is 0.385. The Hall–Kier alpha value is -1.10. The van der Waals surface area contributed by atoms with Crippen molar-refractivity contribution in [2.75, 3.05) is 0 Å². The van der Waals surface area contributed by atoms with Gasteiger partial charge in [-0.2, -0.15) is 0 Å². The summed E-state index contributed by atoms with van der Waals surface area (Å²) in [6.45, 7) is 3.69. The predicted molar refractivity (Wildman–Crippen MR) is 75.1 cm³/mol. The fourth-order valence-electron chi connectivity index (χ4n) is 1.65. The van der Waals surface area contributed by atoms with Gasteiger partial charge in [0.05, 0.1) is 22.5 Å². The van der Waals surface area contributed by atoms with Crippen LogP contribution in [0.15, 0.2) is 18.2 Å². The summed E-state index contributed by atoms with van der Waals surface area (Å²) in [7, 11) is 0. The van der Waals surface area contributed by atoms with Crippen LogP contribution in [0.2, 0.25) is 10.0 Å². The number of carbonyl (C=O) groups is 2. The van der Waals surface area contributed by atoms with Gasteiger partial charge in [0.15, 0.2) is 5.78 Å². The van der Waals surface area contributed by atoms with Crippen molar-refractivity contribution in [2.45, 2.75) is 32.4 Å². The quantitative estimate of drug-likeness (QED) is 0.793. The Morgan fingerprint density at radius 3 is 2.37 bits per heavy atom. The average Bonchev–Trinajstić information content (AvgIpc) is 2.29. The first-order chi connectivity index (χ1) is 8.81. The van der Waals surface area contributed by atoms with E-state index in [0.29, 0.717) is 10.6 Å². The Labute approximate surface area is 121 Å². The molecule has 6 heteroatoms. The summed E-state index contributed by atoms with van der Waals surface area (Å²) in [5.41, 5.74) is 0.341. The molecular weight excluding hydrogens is 289 g/mol. The third-order valence-electron chi connectivity index (χ3n) is 2.43. The van der Waals surface area contributed by atoms with E-state index in [1.54, 1.807) is 0 Å². The van der Waals surface area contributed by atoms with Crippen molar-refractivity contribution in [3.8, 4) is 0 Å². The van der Waals surface area contributed by atoms with Crippen LogP contribution in [0.5, 0.6) is 0 Å². The number of nitrogens with one attached hydrogen (secondary N) is 1. The van der Waals surface area contributed by atoms with Gasteiger partial charge in [0.1, 0.15) is 0 Å². The largest absolute Gasteiger partial charge is 0.481 e. The highest BCUT2D eigenvalue weighted by molar-refractivity contribution is 6.42. The molecule has 1 aromatic rings. The molecule has 1 atom stereocenters. The maximum absolute atomic E-state index is 12.3. The number of hydrogen-bond acceptors (Lipinski definition) is 3. The van der Waals surface area contributed by atoms with E-state index in [9.17, 15) is 9.59 Å². The zero-order chi connectivity index (χ0) is 14.6. The Balaban J connectivity index is 2.97. The van der Waals surface area contributed by atoms with E-state index in [1.807, 2.05) is 13.8 Å². The van der Waals surface area contributed by atoms with Crippen LogP contribution >= 0.6 is 23.2 Å². The van der Waals surface area contributed by atoms with Crippen molar-refractivity contribution in [1.29, 1.82) is 0 Å². The second-order valence-electron chi connectivity index (χ2n) is 4.46. The lowest BCUT2D eigenvalue weighted by molar-refractivity contribution is -0.137. The summed E-state index contributed by atoms with van der Waals surface area (Å²) in [5.74, 6) is -1.35. The number of aliphatic carboxylic acids is 1. The van der Waals surface area contributed by atoms with Crippen LogP contribution in [0.4, 0.5) is 0 Å². The van der Waals surface area contributed by atoms with Crippen molar-refractivity contribution in [2.24, 2.45) is 0 Å². The van der Waals surface area contributed by atoms with Crippen LogP contribution in [0.1, 0.15) is 30.6 Å². The molecule has 2 N–H and O–H groups in total. The van der Waals surface area contributed by atoms with Gasteiger partial charge in [-0.25, -0.2) is 0 Å². The molecular formula is C13H15Cl2NO3. The van der Waals surface area contributed by atoms with Gasteiger partial charge in [-0.3, -0.25) is 9.59 Å². The van der Waals surface area contributed by atoms with Gasteiger partial charge in [-0.1, -0.05) is 37.0 Å². The van der Waals surface area contributed by atoms with E-state index in [-0.39, 0.29) is 23.3 Å². The minimum atomic E-state index is -1.04. The molecule has 0 aromatic heterocycles. The van der Waals surface area contributed by atoms with Crippen LogP contribution in [-0.2, 0) is 4.79 Å². The summed E-state index contributed by atoms with van der Waals surface area (Å²) < 4.78 is 0. The first-order valence-electron chi connectivity index (χ1n) is 5.78. The molecule has 0 saturated carbocycles. The zero-order valence-corrected chi connectivity index (χ0v) is 12.1. The average molecular weight is 304 g/mol. The smallest absolute Gasteiger partial charge is 0.305 e. The molecule has 0 spiro atoms. The Morgan fingerprint density at radius 2 is 1.89 bits per heavy atom. The summed E-state index contributed by atoms with van der Waals surface area (Å²) >= 11 is 11.6. The Kier molecular flexibility index (Phi) is 5.79. The molecule has 0 aliphatic heterocycles. The van der Waals surface area contributed by atoms with Gasteiger partial charge in [0, 0.05) is 11.6 Å². The topological polar surface area (TPSA) is 66.4 Å². The lowest BCUT2D eigenvalue weighted by Gasteiger charge is -2.18. The summed E-state index contributed by atoms with van der Waals surface area (Å²) in [5, 5.41) is 12.4. The molecule has 0 amide bonds. The highest BCUT2D eigenvalue weighted by Gasteiger charge is 2.23. The van der Waals surface area contributed by atoms with Crippen molar-refractivity contribution >= 4 is 35.0 Å². The van der Waals surface area contributed by atoms with Crippen LogP contribution in [0.3, 0.4) is 0 Å². The summed E-state index contributed by atoms with van der Waals surface area (Å²) in [4.78, 5) is 23.1. The maximum atomic E-state index is 12.3. The molecule has 4 nitrogen and oxygen atoms in total. The number of halogens is 2. The number of hydrogen-bond donors (Lipinski definition) is 2. The van der Waals surface area contributed by atoms with Crippen LogP contribution < -0.4 is 5.32 Å². The van der Waals surface area contributed by atoms with Crippen LogP contribution in [0.25, 0.3) is 0 Å². The molecule has 0 aliphatic rings. The molecule has 0 bridgehead atoms. The van der Waals surface area contributed by atoms with E-state index in [4.69, 9.17) is 28.3 Å². The molecule has 0 fully saturated rings. The van der Waals surface area contributed by atoms with E-state index in [0.717, 1.165) is 0 Å². The second-order valence-corrected chi connectivity index (χ2v) is 5.28. The van der Waals surface area contributed by atoms with Gasteiger partial charge in [-0.05, 0) is 18.2 Å². The molecule has 0 aliphatic carbocycles. The number of benzene rings is 1. The molecule has 0 saturated heterocycles. The van der Waals surface area contributed by atoms with E-state index in [2.05, 4.69) is 5.32 Å². The SMILES string of the molecule is CC(C)NC(CC(=O)O)C(=O)c1ccc(Cl)c(Cl)c1. The second kappa shape index (κ2) is 6.89. The van der Waals surface area contributed by atoms with Crippen molar-refractivity contribution in [3.63, 3.8) is 0 Å². The Bertz CT molecular complexity index is 489. The van der Waals surface area contributed by atoms with Crippen LogP contribution in [-0.4, -0.2) is 28.9 Å². The lowest BCUT2D eigenvalue weighted by Crippen LogP contribution is -2.42. The van der Waals surface area contributed by atoms with E-state index in [1.165, 1.54) is 18.2 Å². The number of rotatable bonds is 6. The van der Waals surface area contributed by atoms with Gasteiger partial charge in [-0.15, -0.1) is 0 Å². The van der Waals surface area contributed by atoms with E-state index >= 15 is 0 Å². The molecule has 19 heavy (non-hydrogen) atoms. The van der Waals surface area contributed by atoms with Gasteiger partial charge >= 0.3 is 5.97 Å². The fourth-order valence-corrected chi connectivity index (χ4v) is 1.95. The first-order valence-corrected chi connectivity index (χ1v) is 6.54. The van der Waals surface area contributed by atoms with Crippen molar-refractivity contribution in [1.82, 2.24) is 5.32 Å². The third-order valence-corrected chi connectivity index (χ3v) is 3.17. The standard InChI is InChI=1S/C13H15Cl2NO3/c1-7(2)16-11(6-12(17)18)13(19)8-3-4-9(14)10(15)5-8/h3-5,7,11,16H,6H2,1-2H3,(H,17,18). The number of carboxylic acid groups (broad SMARTS) is 1. The third kappa shape index (κ3) is 4.82. The highest BCUT2D eigenvalue weighted by Crippen LogP contribution is 2.23. The van der Waals surface area contributed by atoms with Gasteiger partial charge in [0.25, 0.3) is 0 Å². The normalized spacial score (nSPS) is 12.5. The number of Topliss-reactive ketones (excluding diaryl/α,β-unsaturated/α-hetero) is 1. The Morgan fingerprint density at radius 1 is 1.26 bits per heavy atom. The molecule has 0 radical (unpaired) electrons. The molecule has 1 aromatic carbocycles. The predicted octanol–water partition coefficient (Wildman–Crippen LogP) is 3.02. The number of carboxylic acids is 1. The molecule has 104 valence electrons. The van der Waals surface area contributed by atoms with Crippen molar-refractivity contribution in [3.05, 3.63) is 33.8 Å². The minimum absolute atomic E-state index is 0.00364. The number of ketones is 1. The first kappa shape index (κ1) is 16.0. The lowest BCUT2D eigenvalue weighted by atomic mass is 10.0. The molecule has 0 heterocycles. The highest BCUT2D eigenvalue weighted by atomic mass is 35.5. The summed E-state index contributed by atoms with van der Waals surface area (Å²) in [6, 6.07) is 3.71. The monoisotopic (exact) mass is 303 g/mol. The summed E-state index contributed by atoms with van der Waals surface area (Å²) in [6.07, 6.45) is -0.280. The van der Waals surface area contributed by atoms with E-state index < -0.39 is 12.0 Å². The number of carbonyl (C=O) groups excluding carboxylic acids is 1. The van der Waals surface area contributed by atoms with Crippen LogP contribution in [0, 0.1) is 0 Å².